The average molecular weight is 376 g/mol. The number of benzene rings is 1. The number of halogens is 4. The Bertz CT molecular complexity index is 700. The number of nitrogens with two attached hydrogens (primary N) is 1. The monoisotopic (exact) mass is 376 g/mol. The Labute approximate surface area is 147 Å². The molecule has 0 heterocycles. The summed E-state index contributed by atoms with van der Waals surface area (Å²) in [4.78, 5) is 12.2. The maximum atomic E-state index is 13.3. The summed E-state index contributed by atoms with van der Waals surface area (Å²) in [7, 11) is 0. The largest absolute Gasteiger partial charge is 0.484 e. The normalized spacial score (nSPS) is 30.9. The highest BCUT2D eigenvalue weighted by molar-refractivity contribution is 5.78. The maximum absolute atomic E-state index is 13.3. The topological polar surface area (TPSA) is 84.6 Å². The summed E-state index contributed by atoms with van der Waals surface area (Å²) in [6.07, 6.45) is -2.82. The fraction of sp³-hybridized carbons (Fsp3) is 0.588. The van der Waals surface area contributed by atoms with Crippen LogP contribution in [0.1, 0.15) is 37.7 Å². The molecule has 2 bridgehead atoms. The number of hydrogen-bond donors (Lipinski definition) is 3. The van der Waals surface area contributed by atoms with Crippen LogP contribution in [0.25, 0.3) is 0 Å². The van der Waals surface area contributed by atoms with Gasteiger partial charge in [0.05, 0.1) is 17.2 Å². The summed E-state index contributed by atoms with van der Waals surface area (Å²) < 4.78 is 56.4. The molecule has 1 aromatic rings. The zero-order valence-corrected chi connectivity index (χ0v) is 13.9. The first-order valence-electron chi connectivity index (χ1n) is 8.31. The summed E-state index contributed by atoms with van der Waals surface area (Å²) in [5.74, 6) is -2.24. The predicted molar refractivity (Wildman–Crippen MR) is 83.8 cm³/mol. The minimum atomic E-state index is -4.85. The predicted octanol–water partition coefficient (Wildman–Crippen LogP) is 2.11. The van der Waals surface area contributed by atoms with Crippen molar-refractivity contribution in [3.63, 3.8) is 0 Å². The Morgan fingerprint density at radius 2 is 1.96 bits per heavy atom. The number of alkyl halides is 3. The molecule has 1 aromatic carbocycles. The molecule has 3 aliphatic carbocycles. The van der Waals surface area contributed by atoms with Crippen LogP contribution in [-0.4, -0.2) is 34.8 Å². The van der Waals surface area contributed by atoms with Gasteiger partial charge in [0, 0.05) is 5.54 Å². The fourth-order valence-corrected chi connectivity index (χ4v) is 3.79. The van der Waals surface area contributed by atoms with Crippen LogP contribution < -0.4 is 15.8 Å². The van der Waals surface area contributed by atoms with Crippen molar-refractivity contribution in [2.24, 2.45) is 5.73 Å². The van der Waals surface area contributed by atoms with E-state index < -0.39 is 47.3 Å². The lowest BCUT2D eigenvalue weighted by molar-refractivity contribution is -0.140. The van der Waals surface area contributed by atoms with Gasteiger partial charge in [0.2, 0.25) is 0 Å². The van der Waals surface area contributed by atoms with Crippen molar-refractivity contribution in [1.29, 1.82) is 0 Å². The van der Waals surface area contributed by atoms with Crippen LogP contribution in [0.15, 0.2) is 18.2 Å². The molecule has 5 nitrogen and oxygen atoms in total. The maximum Gasteiger partial charge on any atom is 0.419 e. The first-order chi connectivity index (χ1) is 12.0. The zero-order valence-electron chi connectivity index (χ0n) is 13.9. The molecule has 0 saturated heterocycles. The summed E-state index contributed by atoms with van der Waals surface area (Å²) >= 11 is 0. The van der Waals surface area contributed by atoms with Crippen LogP contribution in [0.4, 0.5) is 17.6 Å². The number of hydrogen-bond acceptors (Lipinski definition) is 4. The molecule has 3 aliphatic rings. The average Bonchev–Trinajstić information content (AvgIpc) is 2.54. The van der Waals surface area contributed by atoms with E-state index in [1.54, 1.807) is 0 Å². The molecular formula is C17H20F4N2O3. The van der Waals surface area contributed by atoms with Gasteiger partial charge in [-0.05, 0) is 50.3 Å². The van der Waals surface area contributed by atoms with Gasteiger partial charge in [-0.15, -0.1) is 0 Å². The molecule has 3 fully saturated rings. The van der Waals surface area contributed by atoms with E-state index >= 15 is 0 Å². The van der Waals surface area contributed by atoms with Crippen molar-refractivity contribution < 1.29 is 32.2 Å². The highest BCUT2D eigenvalue weighted by Gasteiger charge is 2.53. The summed E-state index contributed by atoms with van der Waals surface area (Å²) in [6.45, 7) is -0.537. The molecule has 3 saturated carbocycles. The van der Waals surface area contributed by atoms with Crippen LogP contribution in [0.2, 0.25) is 0 Å². The molecule has 1 atom stereocenters. The van der Waals surface area contributed by atoms with Crippen LogP contribution in [-0.2, 0) is 11.0 Å². The van der Waals surface area contributed by atoms with E-state index in [-0.39, 0.29) is 5.75 Å². The molecule has 1 amide bonds. The van der Waals surface area contributed by atoms with Gasteiger partial charge in [-0.3, -0.25) is 4.79 Å². The molecule has 0 aliphatic heterocycles. The van der Waals surface area contributed by atoms with Crippen LogP contribution in [0, 0.1) is 5.82 Å². The quantitative estimate of drug-likeness (QED) is 0.703. The van der Waals surface area contributed by atoms with Crippen molar-refractivity contribution in [2.75, 3.05) is 6.61 Å². The number of amides is 1. The third kappa shape index (κ3) is 3.64. The van der Waals surface area contributed by atoms with Gasteiger partial charge in [0.25, 0.3) is 5.91 Å². The molecule has 0 unspecified atom stereocenters. The zero-order chi connectivity index (χ0) is 19.2. The van der Waals surface area contributed by atoms with Crippen molar-refractivity contribution in [1.82, 2.24) is 5.32 Å². The van der Waals surface area contributed by atoms with Gasteiger partial charge in [-0.25, -0.2) is 4.39 Å². The second kappa shape index (κ2) is 6.38. The standard InChI is InChI=1S/C17H20F4N2O3/c18-12-2-1-10(7-11(12)17(19,20)21)26-9-14(25)23-16-5-3-15(22,4-6-16)8-13(16)24/h1-2,7,13,24H,3-6,8-9,22H2,(H,23,25)/t13-,15?,16?/m0/s1. The molecule has 4 N–H and O–H groups in total. The van der Waals surface area contributed by atoms with Gasteiger partial charge < -0.3 is 20.9 Å². The SMILES string of the molecule is NC12CCC(NC(=O)COc3ccc(F)c(C(F)(F)F)c3)(CC1)[C@@H](O)C2. The lowest BCUT2D eigenvalue weighted by Crippen LogP contribution is -2.69. The summed E-state index contributed by atoms with van der Waals surface area (Å²) in [5.41, 5.74) is 3.52. The second-order valence-electron chi connectivity index (χ2n) is 7.21. The number of rotatable bonds is 4. The molecule has 0 spiro atoms. The second-order valence-corrected chi connectivity index (χ2v) is 7.21. The minimum absolute atomic E-state index is 0.264. The molecule has 144 valence electrons. The van der Waals surface area contributed by atoms with Crippen LogP contribution >= 0.6 is 0 Å². The van der Waals surface area contributed by atoms with Crippen molar-refractivity contribution in [3.8, 4) is 5.75 Å². The van der Waals surface area contributed by atoms with Crippen molar-refractivity contribution >= 4 is 5.91 Å². The van der Waals surface area contributed by atoms with Crippen LogP contribution in [0.5, 0.6) is 5.75 Å². The Morgan fingerprint density at radius 1 is 1.31 bits per heavy atom. The van der Waals surface area contributed by atoms with Gasteiger partial charge in [-0.1, -0.05) is 0 Å². The van der Waals surface area contributed by atoms with E-state index in [0.29, 0.717) is 44.2 Å². The Morgan fingerprint density at radius 3 is 2.54 bits per heavy atom. The van der Waals surface area contributed by atoms with E-state index in [1.165, 1.54) is 0 Å². The van der Waals surface area contributed by atoms with E-state index in [1.807, 2.05) is 0 Å². The van der Waals surface area contributed by atoms with Gasteiger partial charge in [0.1, 0.15) is 11.6 Å². The van der Waals surface area contributed by atoms with E-state index in [4.69, 9.17) is 10.5 Å². The number of nitrogens with one attached hydrogen (secondary N) is 1. The van der Waals surface area contributed by atoms with Gasteiger partial charge >= 0.3 is 6.18 Å². The first kappa shape index (κ1) is 18.9. The molecule has 0 aromatic heterocycles. The number of aliphatic hydroxyl groups excluding tert-OH is 1. The van der Waals surface area contributed by atoms with E-state index in [9.17, 15) is 27.5 Å². The highest BCUT2D eigenvalue weighted by atomic mass is 19.4. The minimum Gasteiger partial charge on any atom is -0.484 e. The third-order valence-corrected chi connectivity index (χ3v) is 5.38. The number of fused-ring (bicyclic) bond motifs is 3. The first-order valence-corrected chi connectivity index (χ1v) is 8.31. The molecule has 9 heteroatoms. The number of carbonyl (C=O) groups is 1. The van der Waals surface area contributed by atoms with E-state index in [2.05, 4.69) is 5.32 Å². The molecule has 26 heavy (non-hydrogen) atoms. The molecule has 4 rings (SSSR count). The van der Waals surface area contributed by atoms with Crippen molar-refractivity contribution in [3.05, 3.63) is 29.6 Å². The Balaban J connectivity index is 1.61. The lowest BCUT2D eigenvalue weighted by atomic mass is 9.60. The Kier molecular flexibility index (Phi) is 4.64. The lowest BCUT2D eigenvalue weighted by Gasteiger charge is -2.54. The Hall–Kier alpha value is -1.87. The smallest absolute Gasteiger partial charge is 0.419 e. The number of aliphatic hydroxyl groups is 1. The highest BCUT2D eigenvalue weighted by Crippen LogP contribution is 2.45. The number of ether oxygens (including phenoxy) is 1. The number of carbonyl (C=O) groups excluding carboxylic acids is 1. The van der Waals surface area contributed by atoms with Crippen molar-refractivity contribution in [2.45, 2.75) is 55.5 Å². The third-order valence-electron chi connectivity index (χ3n) is 5.38. The van der Waals surface area contributed by atoms with E-state index in [0.717, 1.165) is 6.07 Å². The molecule has 0 radical (unpaired) electrons. The molecular weight excluding hydrogens is 356 g/mol. The fourth-order valence-electron chi connectivity index (χ4n) is 3.79. The van der Waals surface area contributed by atoms with Gasteiger partial charge in [-0.2, -0.15) is 13.2 Å². The summed E-state index contributed by atoms with van der Waals surface area (Å²) in [5, 5.41) is 13.1. The van der Waals surface area contributed by atoms with Crippen LogP contribution in [0.3, 0.4) is 0 Å². The van der Waals surface area contributed by atoms with Gasteiger partial charge in [0.15, 0.2) is 6.61 Å². The summed E-state index contributed by atoms with van der Waals surface area (Å²) in [6, 6.07) is 2.18.